The first kappa shape index (κ1) is 24.1. The molecule has 1 aromatic carbocycles. The Balaban J connectivity index is 2.12. The lowest BCUT2D eigenvalue weighted by atomic mass is 10.1. The van der Waals surface area contributed by atoms with Gasteiger partial charge in [0, 0.05) is 29.2 Å². The number of aromatic nitrogens is 3. The Morgan fingerprint density at radius 2 is 1.82 bits per heavy atom. The van der Waals surface area contributed by atoms with Gasteiger partial charge in [0.1, 0.15) is 17.1 Å². The quantitative estimate of drug-likeness (QED) is 0.457. The SMILES string of the molecule is CCS(=O)(=O)Nc1ccc(-c2nn(C(C)(C)C)c(Nc3ccnc(OC)c3)c2C(N)=O)cc1. The standard InChI is InChI=1S/C22H28N6O4S/c1-6-33(30,31)27-15-9-7-14(8-10-15)19-18(20(23)29)21(28(26-19)22(2,3)4)25-16-11-12-24-17(13-16)32-5/h7-13,27H,6H2,1-5H3,(H2,23,29)(H,24,25). The molecular formula is C22H28N6O4S. The van der Waals surface area contributed by atoms with Gasteiger partial charge in [-0.2, -0.15) is 5.10 Å². The van der Waals surface area contributed by atoms with Gasteiger partial charge in [-0.1, -0.05) is 12.1 Å². The second kappa shape index (κ2) is 9.10. The van der Waals surface area contributed by atoms with Gasteiger partial charge in [0.15, 0.2) is 0 Å². The monoisotopic (exact) mass is 472 g/mol. The van der Waals surface area contributed by atoms with Crippen LogP contribution in [-0.2, 0) is 15.6 Å². The summed E-state index contributed by atoms with van der Waals surface area (Å²) in [5.74, 6) is 0.146. The lowest BCUT2D eigenvalue weighted by Gasteiger charge is -2.23. The highest BCUT2D eigenvalue weighted by molar-refractivity contribution is 7.92. The average Bonchev–Trinajstić information content (AvgIpc) is 3.14. The molecule has 10 nitrogen and oxygen atoms in total. The number of nitrogens with zero attached hydrogens (tertiary/aromatic N) is 3. The van der Waals surface area contributed by atoms with E-state index in [4.69, 9.17) is 15.6 Å². The number of methoxy groups -OCH3 is 1. The van der Waals surface area contributed by atoms with Crippen LogP contribution in [0.1, 0.15) is 38.1 Å². The second-order valence-electron chi connectivity index (χ2n) is 8.31. The molecule has 176 valence electrons. The molecule has 1 amide bonds. The van der Waals surface area contributed by atoms with Crippen LogP contribution in [0.2, 0.25) is 0 Å². The fourth-order valence-corrected chi connectivity index (χ4v) is 3.78. The van der Waals surface area contributed by atoms with E-state index in [0.717, 1.165) is 0 Å². The van der Waals surface area contributed by atoms with Crippen LogP contribution >= 0.6 is 0 Å². The van der Waals surface area contributed by atoms with Crippen molar-refractivity contribution in [3.8, 4) is 17.1 Å². The van der Waals surface area contributed by atoms with E-state index in [1.165, 1.54) is 7.11 Å². The summed E-state index contributed by atoms with van der Waals surface area (Å²) in [5, 5.41) is 7.93. The van der Waals surface area contributed by atoms with Gasteiger partial charge in [-0.25, -0.2) is 18.1 Å². The highest BCUT2D eigenvalue weighted by atomic mass is 32.2. The Kier molecular flexibility index (Phi) is 6.63. The third-order valence-corrected chi connectivity index (χ3v) is 6.09. The molecule has 0 saturated carbocycles. The van der Waals surface area contributed by atoms with E-state index in [0.29, 0.717) is 34.3 Å². The second-order valence-corrected chi connectivity index (χ2v) is 10.3. The number of ether oxygens (including phenoxy) is 1. The molecule has 0 spiro atoms. The number of nitrogens with two attached hydrogens (primary N) is 1. The van der Waals surface area contributed by atoms with Crippen molar-refractivity contribution in [3.63, 3.8) is 0 Å². The summed E-state index contributed by atoms with van der Waals surface area (Å²) in [4.78, 5) is 16.7. The number of rotatable bonds is 8. The van der Waals surface area contributed by atoms with Crippen molar-refractivity contribution in [2.24, 2.45) is 5.73 Å². The van der Waals surface area contributed by atoms with E-state index in [-0.39, 0.29) is 11.3 Å². The van der Waals surface area contributed by atoms with E-state index < -0.39 is 21.5 Å². The predicted molar refractivity (Wildman–Crippen MR) is 128 cm³/mol. The molecule has 3 rings (SSSR count). The van der Waals surface area contributed by atoms with Crippen LogP contribution < -0.4 is 20.5 Å². The lowest BCUT2D eigenvalue weighted by Crippen LogP contribution is -2.25. The summed E-state index contributed by atoms with van der Waals surface area (Å²) in [7, 11) is -1.89. The number of carbonyl (C=O) groups is 1. The molecule has 0 saturated heterocycles. The highest BCUT2D eigenvalue weighted by Crippen LogP contribution is 2.35. The fourth-order valence-electron chi connectivity index (χ4n) is 3.14. The first-order valence-electron chi connectivity index (χ1n) is 10.3. The number of nitrogens with one attached hydrogen (secondary N) is 2. The summed E-state index contributed by atoms with van der Waals surface area (Å²) >= 11 is 0. The molecule has 0 atom stereocenters. The molecule has 11 heteroatoms. The minimum Gasteiger partial charge on any atom is -0.481 e. The van der Waals surface area contributed by atoms with Crippen molar-refractivity contribution in [1.29, 1.82) is 0 Å². The van der Waals surface area contributed by atoms with Crippen LogP contribution in [0.4, 0.5) is 17.2 Å². The van der Waals surface area contributed by atoms with E-state index in [9.17, 15) is 13.2 Å². The van der Waals surface area contributed by atoms with Crippen molar-refractivity contribution in [2.75, 3.05) is 22.9 Å². The molecule has 2 aromatic heterocycles. The van der Waals surface area contributed by atoms with E-state index in [2.05, 4.69) is 15.0 Å². The number of pyridine rings is 1. The Bertz CT molecular complexity index is 1260. The molecule has 0 aliphatic carbocycles. The summed E-state index contributed by atoms with van der Waals surface area (Å²) in [6.45, 7) is 7.42. The largest absolute Gasteiger partial charge is 0.481 e. The maximum absolute atomic E-state index is 12.6. The summed E-state index contributed by atoms with van der Waals surface area (Å²) in [6.07, 6.45) is 1.58. The molecule has 0 radical (unpaired) electrons. The number of hydrogen-bond acceptors (Lipinski definition) is 7. The first-order chi connectivity index (χ1) is 15.4. The number of amides is 1. The number of primary amides is 1. The maximum Gasteiger partial charge on any atom is 0.254 e. The predicted octanol–water partition coefficient (Wildman–Crippen LogP) is 3.31. The molecule has 3 aromatic rings. The molecule has 0 bridgehead atoms. The van der Waals surface area contributed by atoms with Gasteiger partial charge in [0.05, 0.1) is 18.4 Å². The number of sulfonamides is 1. The Morgan fingerprint density at radius 3 is 2.36 bits per heavy atom. The molecule has 0 unspecified atom stereocenters. The maximum atomic E-state index is 12.6. The lowest BCUT2D eigenvalue weighted by molar-refractivity contribution is 0.100. The van der Waals surface area contributed by atoms with Crippen LogP contribution in [0.25, 0.3) is 11.3 Å². The van der Waals surface area contributed by atoms with Crippen LogP contribution in [-0.4, -0.2) is 42.0 Å². The third kappa shape index (κ3) is 5.43. The smallest absolute Gasteiger partial charge is 0.254 e. The van der Waals surface area contributed by atoms with Gasteiger partial charge < -0.3 is 15.8 Å². The normalized spacial score (nSPS) is 11.8. The molecule has 4 N–H and O–H groups in total. The minimum atomic E-state index is -3.40. The summed E-state index contributed by atoms with van der Waals surface area (Å²) < 4.78 is 33.0. The van der Waals surface area contributed by atoms with Crippen LogP contribution in [0.3, 0.4) is 0 Å². The van der Waals surface area contributed by atoms with Crippen LogP contribution in [0.15, 0.2) is 42.6 Å². The van der Waals surface area contributed by atoms with Gasteiger partial charge in [-0.3, -0.25) is 9.52 Å². The minimum absolute atomic E-state index is 0.0363. The van der Waals surface area contributed by atoms with Gasteiger partial charge in [0.25, 0.3) is 5.91 Å². The van der Waals surface area contributed by atoms with Crippen molar-refractivity contribution in [3.05, 3.63) is 48.2 Å². The Morgan fingerprint density at radius 1 is 1.15 bits per heavy atom. The zero-order valence-electron chi connectivity index (χ0n) is 19.2. The zero-order valence-corrected chi connectivity index (χ0v) is 20.0. The van der Waals surface area contributed by atoms with Crippen LogP contribution in [0.5, 0.6) is 5.88 Å². The van der Waals surface area contributed by atoms with E-state index in [1.807, 2.05) is 20.8 Å². The van der Waals surface area contributed by atoms with Crippen molar-refractivity contribution in [1.82, 2.24) is 14.8 Å². The zero-order chi connectivity index (χ0) is 24.4. The molecule has 33 heavy (non-hydrogen) atoms. The number of anilines is 3. The molecule has 0 aliphatic rings. The van der Waals surface area contributed by atoms with E-state index in [1.54, 1.807) is 54.2 Å². The molecule has 0 fully saturated rings. The summed E-state index contributed by atoms with van der Waals surface area (Å²) in [5.41, 5.74) is 7.57. The van der Waals surface area contributed by atoms with Gasteiger partial charge in [-0.05, 0) is 45.9 Å². The van der Waals surface area contributed by atoms with Crippen molar-refractivity contribution >= 4 is 33.1 Å². The number of benzene rings is 1. The highest BCUT2D eigenvalue weighted by Gasteiger charge is 2.29. The van der Waals surface area contributed by atoms with E-state index >= 15 is 0 Å². The Hall–Kier alpha value is -3.60. The molecule has 2 heterocycles. The van der Waals surface area contributed by atoms with Gasteiger partial charge in [0.2, 0.25) is 15.9 Å². The summed E-state index contributed by atoms with van der Waals surface area (Å²) in [6, 6.07) is 10.0. The fraction of sp³-hybridized carbons (Fsp3) is 0.318. The average molecular weight is 473 g/mol. The molecular weight excluding hydrogens is 444 g/mol. The topological polar surface area (TPSA) is 141 Å². The Labute approximate surface area is 193 Å². The third-order valence-electron chi connectivity index (χ3n) is 4.79. The van der Waals surface area contributed by atoms with Gasteiger partial charge >= 0.3 is 0 Å². The number of hydrogen-bond donors (Lipinski definition) is 3. The number of carbonyl (C=O) groups excluding carboxylic acids is 1. The first-order valence-corrected chi connectivity index (χ1v) is 11.9. The van der Waals surface area contributed by atoms with Gasteiger partial charge in [-0.15, -0.1) is 0 Å². The van der Waals surface area contributed by atoms with Crippen molar-refractivity contribution in [2.45, 2.75) is 33.2 Å². The van der Waals surface area contributed by atoms with Crippen LogP contribution in [0, 0.1) is 0 Å². The van der Waals surface area contributed by atoms with Crippen molar-refractivity contribution < 1.29 is 17.9 Å². The molecule has 0 aliphatic heterocycles.